The summed E-state index contributed by atoms with van der Waals surface area (Å²) >= 11 is 6.41. The molecule has 0 bridgehead atoms. The lowest BCUT2D eigenvalue weighted by molar-refractivity contribution is -0.117. The molecule has 0 aliphatic carbocycles. The number of thiazole rings is 1. The molecular formula is C16H16N4O2S2. The quantitative estimate of drug-likeness (QED) is 0.804. The molecule has 8 heteroatoms. The fraction of sp³-hybridized carbons (Fsp3) is 0.250. The number of hydrogen-bond donors (Lipinski definition) is 2. The van der Waals surface area contributed by atoms with Crippen LogP contribution in [-0.2, 0) is 4.79 Å². The number of amides is 1. The maximum Gasteiger partial charge on any atom is 0.238 e. The zero-order valence-corrected chi connectivity index (χ0v) is 14.7. The normalized spacial score (nSPS) is 12.3. The van der Waals surface area contributed by atoms with Gasteiger partial charge in [-0.05, 0) is 30.8 Å². The first-order valence-electron chi connectivity index (χ1n) is 7.57. The van der Waals surface area contributed by atoms with Gasteiger partial charge in [-0.2, -0.15) is 4.68 Å². The summed E-state index contributed by atoms with van der Waals surface area (Å²) in [5.74, 6) is 0.207. The van der Waals surface area contributed by atoms with Crippen LogP contribution in [0.3, 0.4) is 0 Å². The third-order valence-corrected chi connectivity index (χ3v) is 4.73. The van der Waals surface area contributed by atoms with Crippen molar-refractivity contribution in [2.24, 2.45) is 9.98 Å². The molecule has 1 aliphatic heterocycles. The molecule has 1 amide bonds. The average Bonchev–Trinajstić information content (AvgIpc) is 3.08. The average molecular weight is 360 g/mol. The van der Waals surface area contributed by atoms with Gasteiger partial charge in [0.1, 0.15) is 0 Å². The van der Waals surface area contributed by atoms with E-state index in [-0.39, 0.29) is 11.8 Å². The highest BCUT2D eigenvalue weighted by Gasteiger charge is 2.14. The molecule has 0 spiro atoms. The minimum Gasteiger partial charge on any atom is -0.492 e. The molecule has 3 rings (SSSR count). The number of nitrogens with one attached hydrogen (secondary N) is 1. The maximum atomic E-state index is 11.8. The molecule has 0 unspecified atom stereocenters. The Morgan fingerprint density at radius 2 is 2.04 bits per heavy atom. The number of rotatable bonds is 5. The topological polar surface area (TPSA) is 79.0 Å². The van der Waals surface area contributed by atoms with E-state index in [2.05, 4.69) is 15.4 Å². The fourth-order valence-corrected chi connectivity index (χ4v) is 3.36. The predicted octanol–water partition coefficient (Wildman–Crippen LogP) is 2.50. The van der Waals surface area contributed by atoms with Crippen LogP contribution in [0, 0.1) is 3.95 Å². The van der Waals surface area contributed by atoms with Crippen LogP contribution in [0.4, 0.5) is 0 Å². The maximum absolute atomic E-state index is 11.8. The fourth-order valence-electron chi connectivity index (χ4n) is 2.20. The van der Waals surface area contributed by atoms with Gasteiger partial charge in [0.05, 0.1) is 15.6 Å². The molecule has 1 aromatic heterocycles. The van der Waals surface area contributed by atoms with Crippen LogP contribution in [-0.4, -0.2) is 15.7 Å². The summed E-state index contributed by atoms with van der Waals surface area (Å²) < 4.78 is 1.59. The molecule has 124 valence electrons. The van der Waals surface area contributed by atoms with E-state index in [0.29, 0.717) is 21.1 Å². The molecule has 1 aliphatic rings. The standard InChI is InChI=1S/C16H16N4O2S2/c1-2-3-8-14(21)19-20-15(22)12(24-16(20)23)9-13-17-10-6-4-5-7-11(10)18-13/h4-7,9,22H,2-3,8H2,1H3,(H,19,21). The van der Waals surface area contributed by atoms with Crippen LogP contribution in [0.5, 0.6) is 5.88 Å². The summed E-state index contributed by atoms with van der Waals surface area (Å²) in [7, 11) is 0. The zero-order valence-electron chi connectivity index (χ0n) is 13.0. The van der Waals surface area contributed by atoms with Crippen LogP contribution in [0.25, 0.3) is 6.08 Å². The number of carbonyl (C=O) groups excluding carboxylic acids is 1. The molecule has 0 atom stereocenters. The minimum absolute atomic E-state index is 0.108. The van der Waals surface area contributed by atoms with Gasteiger partial charge in [-0.25, -0.2) is 9.98 Å². The molecule has 6 nitrogen and oxygen atoms in total. The lowest BCUT2D eigenvalue weighted by Crippen LogP contribution is -2.22. The number of aromatic hydroxyl groups is 1. The van der Waals surface area contributed by atoms with Crippen molar-refractivity contribution in [3.8, 4) is 5.88 Å². The van der Waals surface area contributed by atoms with Gasteiger partial charge in [-0.3, -0.25) is 10.2 Å². The summed E-state index contributed by atoms with van der Waals surface area (Å²) in [6.07, 6.45) is 3.76. The van der Waals surface area contributed by atoms with E-state index in [9.17, 15) is 9.90 Å². The van der Waals surface area contributed by atoms with Gasteiger partial charge in [-0.15, -0.1) is 0 Å². The van der Waals surface area contributed by atoms with E-state index in [4.69, 9.17) is 12.2 Å². The Morgan fingerprint density at radius 3 is 2.67 bits per heavy atom. The number of aromatic nitrogens is 1. The molecule has 0 saturated carbocycles. The van der Waals surface area contributed by atoms with Crippen LogP contribution < -0.4 is 16.1 Å². The first-order chi connectivity index (χ1) is 11.6. The summed E-state index contributed by atoms with van der Waals surface area (Å²) in [5.41, 5.74) is 2.62. The Morgan fingerprint density at radius 1 is 1.38 bits per heavy atom. The van der Waals surface area contributed by atoms with Gasteiger partial charge in [0.2, 0.25) is 11.8 Å². The van der Waals surface area contributed by atoms with Crippen molar-refractivity contribution in [2.45, 2.75) is 26.2 Å². The van der Waals surface area contributed by atoms with Crippen LogP contribution in [0.2, 0.25) is 0 Å². The predicted molar refractivity (Wildman–Crippen MR) is 95.4 cm³/mol. The first kappa shape index (κ1) is 16.5. The summed E-state index contributed by atoms with van der Waals surface area (Å²) in [4.78, 5) is 21.1. The number of hydrogen-bond acceptors (Lipinski definition) is 6. The Bertz CT molecular complexity index is 951. The Labute approximate surface area is 147 Å². The highest BCUT2D eigenvalue weighted by Crippen LogP contribution is 2.28. The van der Waals surface area contributed by atoms with Gasteiger partial charge in [0.15, 0.2) is 9.78 Å². The number of para-hydroxylation sites is 2. The summed E-state index contributed by atoms with van der Waals surface area (Å²) in [5, 5.41) is 11.9. The van der Waals surface area contributed by atoms with Crippen LogP contribution >= 0.6 is 23.6 Å². The number of unbranched alkanes of at least 4 members (excludes halogenated alkanes) is 1. The van der Waals surface area contributed by atoms with Crippen molar-refractivity contribution >= 4 is 35.5 Å². The highest BCUT2D eigenvalue weighted by atomic mass is 32.1. The molecule has 0 fully saturated rings. The SMILES string of the molecule is CCCCC(=O)Nn1c(O)c(C=C2N=c3ccccc3=N2)sc1=S. The second kappa shape index (κ2) is 7.06. The molecule has 0 saturated heterocycles. The van der Waals surface area contributed by atoms with Crippen LogP contribution in [0.1, 0.15) is 31.1 Å². The van der Waals surface area contributed by atoms with Crippen molar-refractivity contribution < 1.29 is 9.90 Å². The third kappa shape index (κ3) is 3.44. The lowest BCUT2D eigenvalue weighted by Gasteiger charge is -2.06. The summed E-state index contributed by atoms with van der Waals surface area (Å²) in [6.45, 7) is 2.01. The molecule has 2 heterocycles. The van der Waals surface area contributed by atoms with Crippen molar-refractivity contribution in [1.82, 2.24) is 4.68 Å². The highest BCUT2D eigenvalue weighted by molar-refractivity contribution is 7.73. The van der Waals surface area contributed by atoms with Crippen molar-refractivity contribution in [2.75, 3.05) is 5.43 Å². The second-order valence-electron chi connectivity index (χ2n) is 5.24. The van der Waals surface area contributed by atoms with Crippen molar-refractivity contribution in [3.63, 3.8) is 0 Å². The molecule has 0 radical (unpaired) electrons. The van der Waals surface area contributed by atoms with Crippen LogP contribution in [0.15, 0.2) is 40.1 Å². The second-order valence-corrected chi connectivity index (χ2v) is 6.92. The smallest absolute Gasteiger partial charge is 0.238 e. The Kier molecular flexibility index (Phi) is 4.86. The van der Waals surface area contributed by atoms with Gasteiger partial charge in [0, 0.05) is 12.5 Å². The van der Waals surface area contributed by atoms with E-state index >= 15 is 0 Å². The van der Waals surface area contributed by atoms with Gasteiger partial charge in [0.25, 0.3) is 0 Å². The van der Waals surface area contributed by atoms with E-state index in [1.165, 1.54) is 16.0 Å². The van der Waals surface area contributed by atoms with Crippen molar-refractivity contribution in [1.29, 1.82) is 0 Å². The largest absolute Gasteiger partial charge is 0.492 e. The van der Waals surface area contributed by atoms with Gasteiger partial charge in [-0.1, -0.05) is 36.8 Å². The summed E-state index contributed by atoms with van der Waals surface area (Å²) in [6, 6.07) is 7.54. The number of nitrogens with zero attached hydrogens (tertiary/aromatic N) is 3. The molecule has 2 aromatic rings. The van der Waals surface area contributed by atoms with Crippen molar-refractivity contribution in [3.05, 3.63) is 49.6 Å². The zero-order chi connectivity index (χ0) is 17.1. The monoisotopic (exact) mass is 360 g/mol. The molecule has 1 aromatic carbocycles. The van der Waals surface area contributed by atoms with E-state index in [0.717, 1.165) is 23.6 Å². The van der Waals surface area contributed by atoms with Gasteiger partial charge >= 0.3 is 0 Å². The molecular weight excluding hydrogens is 344 g/mol. The van der Waals surface area contributed by atoms with E-state index < -0.39 is 0 Å². The van der Waals surface area contributed by atoms with E-state index in [1.54, 1.807) is 6.08 Å². The number of fused-ring (bicyclic) bond motifs is 1. The third-order valence-electron chi connectivity index (χ3n) is 3.42. The minimum atomic E-state index is -0.178. The van der Waals surface area contributed by atoms with E-state index in [1.807, 2.05) is 31.2 Å². The number of benzene rings is 1. The van der Waals surface area contributed by atoms with Gasteiger partial charge < -0.3 is 5.11 Å². The number of carbonyl (C=O) groups is 1. The molecule has 2 N–H and O–H groups in total. The Hall–Kier alpha value is -2.32. The first-order valence-corrected chi connectivity index (χ1v) is 8.80. The lowest BCUT2D eigenvalue weighted by atomic mass is 10.2. The Balaban J connectivity index is 1.88. The molecule has 24 heavy (non-hydrogen) atoms.